The van der Waals surface area contributed by atoms with Crippen molar-refractivity contribution < 1.29 is 23.2 Å². The van der Waals surface area contributed by atoms with Crippen molar-refractivity contribution in [3.8, 4) is 17.1 Å². The van der Waals surface area contributed by atoms with Crippen LogP contribution in [0.1, 0.15) is 0 Å². The number of hydrogen-bond acceptors (Lipinski definition) is 8. The summed E-state index contributed by atoms with van der Waals surface area (Å²) in [5, 5.41) is 14.8. The first kappa shape index (κ1) is 21.2. The number of ether oxygens (including phenoxy) is 1. The Morgan fingerprint density at radius 1 is 1.06 bits per heavy atom. The topological polar surface area (TPSA) is 112 Å². The molecular weight excluding hydrogens is 437 g/mol. The number of halogens is 1. The number of nitrogens with one attached hydrogen (secondary N) is 1. The molecule has 0 unspecified atom stereocenters. The van der Waals surface area contributed by atoms with Crippen LogP contribution in [-0.2, 0) is 14.3 Å². The van der Waals surface area contributed by atoms with Gasteiger partial charge in [-0.15, -0.1) is 10.2 Å². The van der Waals surface area contributed by atoms with Gasteiger partial charge in [0.15, 0.2) is 23.4 Å². The van der Waals surface area contributed by atoms with Gasteiger partial charge in [-0.3, -0.25) is 14.2 Å². The van der Waals surface area contributed by atoms with Crippen LogP contribution in [0.15, 0.2) is 76.6 Å². The Kier molecular flexibility index (Phi) is 6.56. The van der Waals surface area contributed by atoms with Crippen LogP contribution in [0.2, 0.25) is 0 Å². The molecule has 2 aromatic heterocycles. The average molecular weight is 453 g/mol. The van der Waals surface area contributed by atoms with Gasteiger partial charge in [0.2, 0.25) is 0 Å². The molecule has 0 fully saturated rings. The van der Waals surface area contributed by atoms with Crippen molar-refractivity contribution in [1.82, 2.24) is 19.9 Å². The molecule has 0 aliphatic rings. The van der Waals surface area contributed by atoms with E-state index < -0.39 is 18.5 Å². The fourth-order valence-electron chi connectivity index (χ4n) is 2.73. The van der Waals surface area contributed by atoms with Crippen molar-refractivity contribution in [1.29, 1.82) is 0 Å². The van der Waals surface area contributed by atoms with Crippen molar-refractivity contribution in [3.05, 3.63) is 72.7 Å². The Hall–Kier alpha value is -3.99. The molecule has 1 N–H and O–H groups in total. The van der Waals surface area contributed by atoms with Crippen LogP contribution < -0.4 is 5.32 Å². The number of anilines is 1. The third kappa shape index (κ3) is 5.19. The van der Waals surface area contributed by atoms with Crippen LogP contribution in [0, 0.1) is 5.82 Å². The van der Waals surface area contributed by atoms with Gasteiger partial charge in [-0.1, -0.05) is 35.1 Å². The van der Waals surface area contributed by atoms with Crippen LogP contribution in [0.5, 0.6) is 0 Å². The Morgan fingerprint density at radius 2 is 1.84 bits per heavy atom. The smallest absolute Gasteiger partial charge is 0.316 e. The van der Waals surface area contributed by atoms with Crippen LogP contribution in [0.3, 0.4) is 0 Å². The molecule has 0 saturated carbocycles. The summed E-state index contributed by atoms with van der Waals surface area (Å²) in [5.74, 6) is -0.862. The summed E-state index contributed by atoms with van der Waals surface area (Å²) < 4.78 is 24.7. The van der Waals surface area contributed by atoms with E-state index in [1.807, 2.05) is 30.3 Å². The predicted molar refractivity (Wildman–Crippen MR) is 114 cm³/mol. The van der Waals surface area contributed by atoms with E-state index in [1.165, 1.54) is 24.5 Å². The maximum atomic E-state index is 13.3. The average Bonchev–Trinajstić information content (AvgIpc) is 3.47. The van der Waals surface area contributed by atoms with Gasteiger partial charge in [0.25, 0.3) is 5.91 Å². The minimum atomic E-state index is -0.601. The summed E-state index contributed by atoms with van der Waals surface area (Å²) in [5.41, 5.74) is 1.45. The first-order chi connectivity index (χ1) is 15.6. The number of esters is 1. The van der Waals surface area contributed by atoms with E-state index in [1.54, 1.807) is 16.7 Å². The molecule has 2 heterocycles. The number of carbonyl (C=O) groups is 2. The number of rotatable bonds is 8. The molecule has 0 atom stereocenters. The maximum Gasteiger partial charge on any atom is 0.316 e. The predicted octanol–water partition coefficient (Wildman–Crippen LogP) is 3.34. The normalized spacial score (nSPS) is 10.7. The number of nitrogens with zero attached hydrogens (tertiary/aromatic N) is 4. The zero-order valence-corrected chi connectivity index (χ0v) is 17.3. The van der Waals surface area contributed by atoms with Gasteiger partial charge in [0, 0.05) is 17.3 Å². The molecule has 0 spiro atoms. The lowest BCUT2D eigenvalue weighted by Gasteiger charge is -2.10. The van der Waals surface area contributed by atoms with Gasteiger partial charge < -0.3 is 14.6 Å². The van der Waals surface area contributed by atoms with E-state index in [9.17, 15) is 14.0 Å². The summed E-state index contributed by atoms with van der Waals surface area (Å²) in [6.45, 7) is -0.460. The largest absolute Gasteiger partial charge is 0.455 e. The lowest BCUT2D eigenvalue weighted by molar-refractivity contribution is -0.144. The molecule has 2 aromatic carbocycles. The maximum absolute atomic E-state index is 13.3. The number of benzene rings is 2. The van der Waals surface area contributed by atoms with Gasteiger partial charge in [0.05, 0.1) is 5.75 Å². The second-order valence-corrected chi connectivity index (χ2v) is 7.31. The van der Waals surface area contributed by atoms with Crippen LogP contribution in [-0.4, -0.2) is 44.2 Å². The van der Waals surface area contributed by atoms with Gasteiger partial charge in [-0.25, -0.2) is 4.39 Å². The van der Waals surface area contributed by atoms with Crippen LogP contribution in [0.25, 0.3) is 17.1 Å². The number of amides is 1. The molecule has 0 aliphatic heterocycles. The summed E-state index contributed by atoms with van der Waals surface area (Å²) >= 11 is 1.11. The molecule has 0 aliphatic carbocycles. The summed E-state index contributed by atoms with van der Waals surface area (Å²) in [4.78, 5) is 23.9. The highest BCUT2D eigenvalue weighted by atomic mass is 32.2. The summed E-state index contributed by atoms with van der Waals surface area (Å²) in [6, 6.07) is 16.7. The Morgan fingerprint density at radius 3 is 2.56 bits per heavy atom. The standard InChI is InChI=1S/C21H16FN5O4S/c22-15-8-6-14(7-9-15)20-24-25-21(27(20)16-4-2-1-3-5-16)32-13-19(29)30-12-18(28)23-17-10-11-31-26-17/h1-11H,12-13H2,(H,23,26,28). The fraction of sp³-hybridized carbons (Fsp3) is 0.0952. The van der Waals surface area contributed by atoms with E-state index in [0.29, 0.717) is 16.5 Å². The highest BCUT2D eigenvalue weighted by molar-refractivity contribution is 7.99. The van der Waals surface area contributed by atoms with Crippen molar-refractivity contribution in [2.45, 2.75) is 5.16 Å². The fourth-order valence-corrected chi connectivity index (χ4v) is 3.48. The van der Waals surface area contributed by atoms with Crippen molar-refractivity contribution >= 4 is 29.5 Å². The lowest BCUT2D eigenvalue weighted by atomic mass is 10.2. The van der Waals surface area contributed by atoms with E-state index in [2.05, 4.69) is 25.2 Å². The quantitative estimate of drug-likeness (QED) is 0.319. The van der Waals surface area contributed by atoms with Crippen molar-refractivity contribution in [3.63, 3.8) is 0 Å². The zero-order valence-electron chi connectivity index (χ0n) is 16.5. The number of para-hydroxylation sites is 1. The second-order valence-electron chi connectivity index (χ2n) is 6.37. The minimum Gasteiger partial charge on any atom is -0.455 e. The van der Waals surface area contributed by atoms with Gasteiger partial charge in [-0.05, 0) is 36.4 Å². The van der Waals surface area contributed by atoms with Gasteiger partial charge in [-0.2, -0.15) is 0 Å². The van der Waals surface area contributed by atoms with Crippen LogP contribution >= 0.6 is 11.8 Å². The summed E-state index contributed by atoms with van der Waals surface area (Å²) in [7, 11) is 0. The zero-order chi connectivity index (χ0) is 22.3. The molecule has 0 radical (unpaired) electrons. The molecule has 1 amide bonds. The number of aromatic nitrogens is 4. The Balaban J connectivity index is 1.44. The van der Waals surface area contributed by atoms with E-state index >= 15 is 0 Å². The van der Waals surface area contributed by atoms with Gasteiger partial charge >= 0.3 is 5.97 Å². The first-order valence-corrected chi connectivity index (χ1v) is 10.3. The molecule has 9 nitrogen and oxygen atoms in total. The molecule has 4 rings (SSSR count). The van der Waals surface area contributed by atoms with E-state index in [0.717, 1.165) is 17.4 Å². The Bertz CT molecular complexity index is 1200. The molecule has 11 heteroatoms. The lowest BCUT2D eigenvalue weighted by Crippen LogP contribution is -2.21. The number of hydrogen-bond donors (Lipinski definition) is 1. The third-order valence-corrected chi connectivity index (χ3v) is 5.04. The second kappa shape index (κ2) is 9.88. The highest BCUT2D eigenvalue weighted by Gasteiger charge is 2.18. The molecule has 0 saturated heterocycles. The number of thioether (sulfide) groups is 1. The Labute approximate surface area is 185 Å². The minimum absolute atomic E-state index is 0.0916. The molecule has 4 aromatic rings. The molecule has 32 heavy (non-hydrogen) atoms. The van der Waals surface area contributed by atoms with Gasteiger partial charge in [0.1, 0.15) is 12.1 Å². The highest BCUT2D eigenvalue weighted by Crippen LogP contribution is 2.28. The number of carbonyl (C=O) groups excluding carboxylic acids is 2. The van der Waals surface area contributed by atoms with E-state index in [4.69, 9.17) is 4.74 Å². The molecule has 162 valence electrons. The molecular formula is C21H16FN5O4S. The van der Waals surface area contributed by atoms with E-state index in [-0.39, 0.29) is 17.4 Å². The monoisotopic (exact) mass is 453 g/mol. The third-order valence-electron chi connectivity index (χ3n) is 4.14. The van der Waals surface area contributed by atoms with Crippen molar-refractivity contribution in [2.24, 2.45) is 0 Å². The van der Waals surface area contributed by atoms with Crippen molar-refractivity contribution in [2.75, 3.05) is 17.7 Å². The first-order valence-electron chi connectivity index (χ1n) is 9.35. The van der Waals surface area contributed by atoms with Crippen LogP contribution in [0.4, 0.5) is 10.2 Å². The SMILES string of the molecule is O=C(COC(=O)CSc1nnc(-c2ccc(F)cc2)n1-c1ccccc1)Nc1ccon1. The summed E-state index contributed by atoms with van der Waals surface area (Å²) in [6.07, 6.45) is 1.31. The molecule has 0 bridgehead atoms.